The molecule has 0 atom stereocenters. The summed E-state index contributed by atoms with van der Waals surface area (Å²) >= 11 is 0. The van der Waals surface area contributed by atoms with Crippen LogP contribution in [0.2, 0.25) is 0 Å². The Kier molecular flexibility index (Phi) is 5.45. The fraction of sp³-hybridized carbons (Fsp3) is 0.0769. The van der Waals surface area contributed by atoms with E-state index in [2.05, 4.69) is 48.5 Å². The van der Waals surface area contributed by atoms with Crippen molar-refractivity contribution in [2.45, 2.75) is 0 Å². The average molecular weight is 420 g/mol. The van der Waals surface area contributed by atoms with Crippen LogP contribution in [0.5, 0.6) is 0 Å². The molecule has 0 N–H and O–H groups in total. The van der Waals surface area contributed by atoms with Crippen molar-refractivity contribution in [2.24, 2.45) is 0 Å². The minimum atomic E-state index is -1.82. The molecule has 0 aromatic heterocycles. The van der Waals surface area contributed by atoms with Crippen LogP contribution in [-0.2, 0) is 9.51 Å². The van der Waals surface area contributed by atoms with Crippen LogP contribution in [0, 0.1) is 0 Å². The van der Waals surface area contributed by atoms with E-state index >= 15 is 0 Å². The molecule has 0 saturated carbocycles. The summed E-state index contributed by atoms with van der Waals surface area (Å²) in [5, 5.41) is 0. The molecule has 1 aliphatic rings. The summed E-state index contributed by atoms with van der Waals surface area (Å²) in [5.41, 5.74) is 4.22. The number of nitrogens with zero attached hydrogens (tertiary/aromatic N) is 2. The molecule has 32 heavy (non-hydrogen) atoms. The molecule has 1 saturated heterocycles. The molecule has 4 aromatic carbocycles. The Morgan fingerprint density at radius 1 is 0.406 bits per heavy atom. The van der Waals surface area contributed by atoms with E-state index in [4.69, 9.17) is 9.51 Å². The normalized spacial score (nSPS) is 18.3. The number of benzene rings is 4. The molecule has 4 aromatic rings. The minimum absolute atomic E-state index is 1.05. The Bertz CT molecular complexity index is 988. The van der Waals surface area contributed by atoms with Gasteiger partial charge >= 0.3 is 0 Å². The zero-order valence-electron chi connectivity index (χ0n) is 18.4. The molecule has 0 spiro atoms. The van der Waals surface area contributed by atoms with Gasteiger partial charge in [0.25, 0.3) is 13.0 Å². The van der Waals surface area contributed by atoms with Gasteiger partial charge in [0, 0.05) is 0 Å². The van der Waals surface area contributed by atoms with Crippen molar-refractivity contribution in [3.63, 3.8) is 0 Å². The SMILES string of the molecule is CN1O[B-](c2ccccc2)(c2ccccc2)N(C)O[B-]1(c1ccccc1)c1ccccc1. The van der Waals surface area contributed by atoms with E-state index in [0.717, 1.165) is 21.9 Å². The molecule has 5 rings (SSSR count). The van der Waals surface area contributed by atoms with Gasteiger partial charge in [-0.1, -0.05) is 121 Å². The maximum absolute atomic E-state index is 7.01. The molecule has 1 fully saturated rings. The molecule has 0 unspecified atom stereocenters. The highest BCUT2D eigenvalue weighted by molar-refractivity contribution is 7.00. The molecule has 160 valence electrons. The Morgan fingerprint density at radius 2 is 0.625 bits per heavy atom. The van der Waals surface area contributed by atoms with Gasteiger partial charge < -0.3 is 19.5 Å². The largest absolute Gasteiger partial charge is 0.517 e. The summed E-state index contributed by atoms with van der Waals surface area (Å²) in [7, 11) is 3.96. The van der Waals surface area contributed by atoms with Crippen molar-refractivity contribution in [1.29, 1.82) is 0 Å². The van der Waals surface area contributed by atoms with Crippen molar-refractivity contribution in [3.8, 4) is 0 Å². The third-order valence-corrected chi connectivity index (χ3v) is 6.67. The van der Waals surface area contributed by atoms with Crippen molar-refractivity contribution in [1.82, 2.24) is 9.95 Å². The summed E-state index contributed by atoms with van der Waals surface area (Å²) in [5.74, 6) is 0. The molecule has 6 heteroatoms. The lowest BCUT2D eigenvalue weighted by atomic mass is 9.37. The van der Waals surface area contributed by atoms with E-state index in [1.807, 2.05) is 96.8 Å². The Labute approximate surface area is 189 Å². The topological polar surface area (TPSA) is 24.9 Å². The fourth-order valence-corrected chi connectivity index (χ4v) is 5.11. The second-order valence-corrected chi connectivity index (χ2v) is 8.43. The standard InChI is InChI=1S/C26H26B2N2O2/c1-29-27(23-15-7-3-8-16-23,24-17-9-4-10-18-24)32-30(2)28(31-29,25-19-11-5-12-20-25)26-21-13-6-14-22-26/h3-22H,1-2H3/q-2. The quantitative estimate of drug-likeness (QED) is 0.473. The molecule has 0 amide bonds. The van der Waals surface area contributed by atoms with Gasteiger partial charge in [0.2, 0.25) is 0 Å². The number of rotatable bonds is 4. The minimum Gasteiger partial charge on any atom is -0.517 e. The second-order valence-electron chi connectivity index (χ2n) is 8.43. The van der Waals surface area contributed by atoms with Gasteiger partial charge in [-0.2, -0.15) is 21.9 Å². The lowest BCUT2D eigenvalue weighted by Crippen LogP contribution is -2.86. The van der Waals surface area contributed by atoms with E-state index < -0.39 is 13.0 Å². The van der Waals surface area contributed by atoms with Crippen LogP contribution < -0.4 is 21.9 Å². The lowest BCUT2D eigenvalue weighted by Gasteiger charge is -2.68. The number of hydrogen-bond acceptors (Lipinski definition) is 4. The number of hydroxylamine groups is 2. The molecule has 0 radical (unpaired) electrons. The molecular formula is C26H26B2N2O2-2. The summed E-state index contributed by atoms with van der Waals surface area (Å²) in [6.45, 7) is -3.65. The summed E-state index contributed by atoms with van der Waals surface area (Å²) in [6.07, 6.45) is 0. The van der Waals surface area contributed by atoms with Gasteiger partial charge in [0.05, 0.1) is 0 Å². The Hall–Kier alpha value is -3.15. The first-order valence-electron chi connectivity index (χ1n) is 11.0. The van der Waals surface area contributed by atoms with Crippen LogP contribution in [0.1, 0.15) is 0 Å². The van der Waals surface area contributed by atoms with Crippen LogP contribution in [0.3, 0.4) is 0 Å². The summed E-state index contributed by atoms with van der Waals surface area (Å²) < 4.78 is 14.0. The van der Waals surface area contributed by atoms with Crippen molar-refractivity contribution in [3.05, 3.63) is 121 Å². The van der Waals surface area contributed by atoms with Crippen LogP contribution in [0.15, 0.2) is 121 Å². The van der Waals surface area contributed by atoms with E-state index in [9.17, 15) is 0 Å². The van der Waals surface area contributed by atoms with E-state index in [1.165, 1.54) is 0 Å². The predicted octanol–water partition coefficient (Wildman–Crippen LogP) is 2.24. The molecule has 1 heterocycles. The third-order valence-electron chi connectivity index (χ3n) is 6.67. The Balaban J connectivity index is 1.71. The van der Waals surface area contributed by atoms with Gasteiger partial charge in [0.1, 0.15) is 0 Å². The van der Waals surface area contributed by atoms with Crippen LogP contribution in [0.4, 0.5) is 0 Å². The average Bonchev–Trinajstić information content (AvgIpc) is 2.87. The highest BCUT2D eigenvalue weighted by Gasteiger charge is 2.47. The van der Waals surface area contributed by atoms with E-state index in [0.29, 0.717) is 0 Å². The van der Waals surface area contributed by atoms with Crippen molar-refractivity contribution < 1.29 is 9.51 Å². The van der Waals surface area contributed by atoms with Gasteiger partial charge in [-0.25, -0.2) is 0 Å². The van der Waals surface area contributed by atoms with Gasteiger partial charge in [0.15, 0.2) is 0 Å². The zero-order chi connectivity index (χ0) is 22.0. The van der Waals surface area contributed by atoms with Crippen LogP contribution >= 0.6 is 0 Å². The summed E-state index contributed by atoms with van der Waals surface area (Å²) in [6, 6.07) is 41.2. The smallest absolute Gasteiger partial charge is 0.272 e. The first kappa shape index (κ1) is 20.7. The monoisotopic (exact) mass is 420 g/mol. The van der Waals surface area contributed by atoms with E-state index in [-0.39, 0.29) is 0 Å². The van der Waals surface area contributed by atoms with Crippen LogP contribution in [-0.4, -0.2) is 37.0 Å². The molecule has 0 bridgehead atoms. The lowest BCUT2D eigenvalue weighted by molar-refractivity contribution is -0.105. The van der Waals surface area contributed by atoms with Gasteiger partial charge in [-0.3, -0.25) is 0 Å². The Morgan fingerprint density at radius 3 is 0.844 bits per heavy atom. The maximum atomic E-state index is 7.01. The second kappa shape index (κ2) is 8.41. The third kappa shape index (κ3) is 3.20. The number of hydrogen-bond donors (Lipinski definition) is 0. The highest BCUT2D eigenvalue weighted by atomic mass is 16.8. The predicted molar refractivity (Wildman–Crippen MR) is 134 cm³/mol. The van der Waals surface area contributed by atoms with E-state index in [1.54, 1.807) is 0 Å². The van der Waals surface area contributed by atoms with Crippen LogP contribution in [0.25, 0.3) is 0 Å². The molecular weight excluding hydrogens is 394 g/mol. The van der Waals surface area contributed by atoms with Gasteiger partial charge in [-0.15, -0.1) is 0 Å². The highest BCUT2D eigenvalue weighted by Crippen LogP contribution is 2.27. The first-order chi connectivity index (χ1) is 15.7. The molecule has 1 aliphatic heterocycles. The van der Waals surface area contributed by atoms with Crippen molar-refractivity contribution in [2.75, 3.05) is 14.1 Å². The fourth-order valence-electron chi connectivity index (χ4n) is 5.11. The van der Waals surface area contributed by atoms with Gasteiger partial charge in [-0.05, 0) is 14.1 Å². The first-order valence-corrected chi connectivity index (χ1v) is 11.0. The maximum Gasteiger partial charge on any atom is 0.272 e. The molecule has 0 aliphatic carbocycles. The summed E-state index contributed by atoms with van der Waals surface area (Å²) in [4.78, 5) is 3.87. The molecule has 4 nitrogen and oxygen atoms in total. The zero-order valence-corrected chi connectivity index (χ0v) is 18.4. The van der Waals surface area contributed by atoms with Crippen molar-refractivity contribution >= 4 is 34.8 Å².